The van der Waals surface area contributed by atoms with Gasteiger partial charge in [-0.2, -0.15) is 0 Å². The number of fused-ring (bicyclic) bond motifs is 1. The predicted octanol–water partition coefficient (Wildman–Crippen LogP) is 4.38. The zero-order valence-corrected chi connectivity index (χ0v) is 13.6. The second-order valence-corrected chi connectivity index (χ2v) is 5.12. The number of hydrogen-bond donors (Lipinski definition) is 0. The third-order valence-electron chi connectivity index (χ3n) is 3.62. The Hall–Kier alpha value is -2.89. The van der Waals surface area contributed by atoms with E-state index in [1.807, 2.05) is 42.5 Å². The van der Waals surface area contributed by atoms with Crippen molar-refractivity contribution in [2.45, 2.75) is 13.8 Å². The van der Waals surface area contributed by atoms with E-state index in [2.05, 4.69) is 15.2 Å². The van der Waals surface area contributed by atoms with Crippen LogP contribution >= 0.6 is 0 Å². The van der Waals surface area contributed by atoms with Crippen molar-refractivity contribution in [3.05, 3.63) is 47.8 Å². The van der Waals surface area contributed by atoms with E-state index >= 15 is 0 Å². The Bertz CT molecular complexity index is 884. The Balaban J connectivity index is 2.09. The van der Waals surface area contributed by atoms with Crippen molar-refractivity contribution in [2.24, 2.45) is 10.2 Å². The average molecular weight is 310 g/mol. The molecule has 3 rings (SSSR count). The monoisotopic (exact) mass is 310 g/mol. The lowest BCUT2D eigenvalue weighted by Crippen LogP contribution is -1.89. The molecule has 2 aromatic heterocycles. The van der Waals surface area contributed by atoms with Gasteiger partial charge in [-0.05, 0) is 38.1 Å². The maximum absolute atomic E-state index is 5.32. The Morgan fingerprint density at radius 1 is 1.00 bits per heavy atom. The molecule has 0 saturated heterocycles. The van der Waals surface area contributed by atoms with E-state index in [0.717, 1.165) is 17.0 Å². The van der Waals surface area contributed by atoms with Crippen molar-refractivity contribution >= 4 is 17.2 Å². The largest absolute Gasteiger partial charge is 0.497 e. The maximum atomic E-state index is 5.32. The first-order valence-electron chi connectivity index (χ1n) is 7.22. The summed E-state index contributed by atoms with van der Waals surface area (Å²) in [5.41, 5.74) is 3.34. The standard InChI is InChI=1S/C17H18N4O2/c1-11-6-5-7-16-18-12(2)17(21(11)16)20-19-14-10-13(22-3)8-9-15(14)23-4/h5-10H,1-4H3. The van der Waals surface area contributed by atoms with Crippen molar-refractivity contribution in [2.75, 3.05) is 14.2 Å². The van der Waals surface area contributed by atoms with Crippen LogP contribution in [0.3, 0.4) is 0 Å². The number of pyridine rings is 1. The molecular weight excluding hydrogens is 292 g/mol. The summed E-state index contributed by atoms with van der Waals surface area (Å²) >= 11 is 0. The molecule has 0 bridgehead atoms. The van der Waals surface area contributed by atoms with E-state index in [4.69, 9.17) is 9.47 Å². The third kappa shape index (κ3) is 2.75. The van der Waals surface area contributed by atoms with Gasteiger partial charge in [-0.15, -0.1) is 10.2 Å². The van der Waals surface area contributed by atoms with Gasteiger partial charge in [0.15, 0.2) is 5.82 Å². The number of imidazole rings is 1. The summed E-state index contributed by atoms with van der Waals surface area (Å²) in [6, 6.07) is 11.3. The molecule has 0 saturated carbocycles. The Morgan fingerprint density at radius 3 is 2.57 bits per heavy atom. The first-order valence-corrected chi connectivity index (χ1v) is 7.22. The molecule has 0 spiro atoms. The highest BCUT2D eigenvalue weighted by atomic mass is 16.5. The average Bonchev–Trinajstić information content (AvgIpc) is 2.89. The molecular formula is C17H18N4O2. The molecule has 0 radical (unpaired) electrons. The minimum atomic E-state index is 0.606. The van der Waals surface area contributed by atoms with E-state index in [0.29, 0.717) is 23.0 Å². The molecule has 0 aliphatic heterocycles. The van der Waals surface area contributed by atoms with Gasteiger partial charge in [0, 0.05) is 11.8 Å². The van der Waals surface area contributed by atoms with E-state index in [9.17, 15) is 0 Å². The fraction of sp³-hybridized carbons (Fsp3) is 0.235. The summed E-state index contributed by atoms with van der Waals surface area (Å²) in [4.78, 5) is 4.52. The number of azo groups is 1. The number of ether oxygens (including phenoxy) is 2. The summed E-state index contributed by atoms with van der Waals surface area (Å²) in [6.07, 6.45) is 0. The fourth-order valence-corrected chi connectivity index (χ4v) is 2.44. The fourth-order valence-electron chi connectivity index (χ4n) is 2.44. The highest BCUT2D eigenvalue weighted by molar-refractivity contribution is 5.57. The van der Waals surface area contributed by atoms with Gasteiger partial charge in [0.1, 0.15) is 22.8 Å². The summed E-state index contributed by atoms with van der Waals surface area (Å²) in [6.45, 7) is 3.93. The molecule has 118 valence electrons. The SMILES string of the molecule is COc1ccc(OC)c(N=Nc2c(C)nc3cccc(C)n23)c1. The molecule has 1 aromatic carbocycles. The zero-order valence-electron chi connectivity index (χ0n) is 13.6. The van der Waals surface area contributed by atoms with Gasteiger partial charge in [-0.3, -0.25) is 4.40 Å². The minimum absolute atomic E-state index is 0.606. The molecule has 3 aromatic rings. The maximum Gasteiger partial charge on any atom is 0.182 e. The Morgan fingerprint density at radius 2 is 1.83 bits per heavy atom. The first-order chi connectivity index (χ1) is 11.1. The van der Waals surface area contributed by atoms with Crippen LogP contribution in [0.1, 0.15) is 11.4 Å². The number of nitrogens with zero attached hydrogens (tertiary/aromatic N) is 4. The smallest absolute Gasteiger partial charge is 0.182 e. The van der Waals surface area contributed by atoms with Crippen LogP contribution in [-0.2, 0) is 0 Å². The molecule has 2 heterocycles. The van der Waals surface area contributed by atoms with Crippen molar-refractivity contribution < 1.29 is 9.47 Å². The van der Waals surface area contributed by atoms with Crippen LogP contribution in [0, 0.1) is 13.8 Å². The van der Waals surface area contributed by atoms with Gasteiger partial charge < -0.3 is 9.47 Å². The minimum Gasteiger partial charge on any atom is -0.497 e. The Labute approximate surface area is 134 Å². The van der Waals surface area contributed by atoms with Gasteiger partial charge in [0.05, 0.1) is 19.9 Å². The quantitative estimate of drug-likeness (QED) is 0.672. The van der Waals surface area contributed by atoms with E-state index in [1.54, 1.807) is 26.4 Å². The number of hydrogen-bond acceptors (Lipinski definition) is 5. The summed E-state index contributed by atoms with van der Waals surface area (Å²) < 4.78 is 12.5. The number of aromatic nitrogens is 2. The van der Waals surface area contributed by atoms with Crippen LogP contribution in [-0.4, -0.2) is 23.6 Å². The normalized spacial score (nSPS) is 11.3. The van der Waals surface area contributed by atoms with Crippen LogP contribution in [0.2, 0.25) is 0 Å². The number of rotatable bonds is 4. The topological polar surface area (TPSA) is 60.5 Å². The van der Waals surface area contributed by atoms with Crippen molar-refractivity contribution in [3.8, 4) is 11.5 Å². The van der Waals surface area contributed by atoms with E-state index in [1.165, 1.54) is 0 Å². The van der Waals surface area contributed by atoms with Gasteiger partial charge in [-0.25, -0.2) is 4.98 Å². The number of methoxy groups -OCH3 is 2. The molecule has 0 atom stereocenters. The lowest BCUT2D eigenvalue weighted by atomic mass is 10.3. The highest BCUT2D eigenvalue weighted by Gasteiger charge is 2.10. The Kier molecular flexibility index (Phi) is 3.97. The lowest BCUT2D eigenvalue weighted by molar-refractivity contribution is 0.404. The van der Waals surface area contributed by atoms with Crippen LogP contribution in [0.25, 0.3) is 5.65 Å². The van der Waals surface area contributed by atoms with Gasteiger partial charge in [0.2, 0.25) is 0 Å². The molecule has 0 aliphatic carbocycles. The second kappa shape index (κ2) is 6.08. The first kappa shape index (κ1) is 15.0. The molecule has 6 heteroatoms. The van der Waals surface area contributed by atoms with Crippen LogP contribution in [0.5, 0.6) is 11.5 Å². The highest BCUT2D eigenvalue weighted by Crippen LogP contribution is 2.33. The van der Waals surface area contributed by atoms with Gasteiger partial charge in [-0.1, -0.05) is 6.07 Å². The van der Waals surface area contributed by atoms with Crippen LogP contribution < -0.4 is 9.47 Å². The zero-order chi connectivity index (χ0) is 16.4. The molecule has 23 heavy (non-hydrogen) atoms. The number of aryl methyl sites for hydroxylation is 2. The molecule has 0 fully saturated rings. The van der Waals surface area contributed by atoms with Crippen LogP contribution in [0.15, 0.2) is 46.6 Å². The summed E-state index contributed by atoms with van der Waals surface area (Å²) in [5, 5.41) is 8.74. The molecule has 0 N–H and O–H groups in total. The number of benzene rings is 1. The van der Waals surface area contributed by atoms with Crippen molar-refractivity contribution in [1.29, 1.82) is 0 Å². The second-order valence-electron chi connectivity index (χ2n) is 5.12. The summed E-state index contributed by atoms with van der Waals surface area (Å²) in [7, 11) is 3.21. The molecule has 0 amide bonds. The predicted molar refractivity (Wildman–Crippen MR) is 88.4 cm³/mol. The summed E-state index contributed by atoms with van der Waals surface area (Å²) in [5.74, 6) is 2.05. The van der Waals surface area contributed by atoms with Crippen LogP contribution in [0.4, 0.5) is 11.5 Å². The van der Waals surface area contributed by atoms with Gasteiger partial charge >= 0.3 is 0 Å². The van der Waals surface area contributed by atoms with E-state index in [-0.39, 0.29) is 0 Å². The van der Waals surface area contributed by atoms with E-state index < -0.39 is 0 Å². The molecule has 0 unspecified atom stereocenters. The lowest BCUT2D eigenvalue weighted by Gasteiger charge is -2.06. The van der Waals surface area contributed by atoms with Crippen molar-refractivity contribution in [3.63, 3.8) is 0 Å². The molecule has 6 nitrogen and oxygen atoms in total. The third-order valence-corrected chi connectivity index (χ3v) is 3.62. The van der Waals surface area contributed by atoms with Crippen molar-refractivity contribution in [1.82, 2.24) is 9.38 Å². The molecule has 0 aliphatic rings. The van der Waals surface area contributed by atoms with Gasteiger partial charge in [0.25, 0.3) is 0 Å².